The molecular formula is C18H23ClN2O. The molecule has 3 N–H and O–H groups in total. The molecule has 3 nitrogen and oxygen atoms in total. The molecule has 0 bridgehead atoms. The molecule has 2 aromatic rings. The van der Waals surface area contributed by atoms with Gasteiger partial charge >= 0.3 is 0 Å². The highest BCUT2D eigenvalue weighted by molar-refractivity contribution is 5.93. The van der Waals surface area contributed by atoms with E-state index in [2.05, 4.69) is 32.2 Å². The minimum absolute atomic E-state index is 0. The highest BCUT2D eigenvalue weighted by Crippen LogP contribution is 2.29. The fraction of sp³-hybridized carbons (Fsp3) is 0.278. The summed E-state index contributed by atoms with van der Waals surface area (Å²) in [4.78, 5) is 12.2. The molecule has 0 aliphatic heterocycles. The van der Waals surface area contributed by atoms with E-state index in [0.29, 0.717) is 12.1 Å². The van der Waals surface area contributed by atoms with Crippen LogP contribution >= 0.6 is 12.4 Å². The zero-order valence-electron chi connectivity index (χ0n) is 13.2. The second-order valence-electron chi connectivity index (χ2n) is 6.26. The van der Waals surface area contributed by atoms with Crippen LogP contribution in [0.1, 0.15) is 31.9 Å². The van der Waals surface area contributed by atoms with E-state index in [9.17, 15) is 4.79 Å². The summed E-state index contributed by atoms with van der Waals surface area (Å²) in [7, 11) is 0. The number of amides is 1. The van der Waals surface area contributed by atoms with Crippen molar-refractivity contribution < 1.29 is 4.79 Å². The molecule has 2 aromatic carbocycles. The number of nitrogens with two attached hydrogens (primary N) is 1. The summed E-state index contributed by atoms with van der Waals surface area (Å²) >= 11 is 0. The lowest BCUT2D eigenvalue weighted by molar-refractivity contribution is -0.115. The Morgan fingerprint density at radius 1 is 1.05 bits per heavy atom. The van der Waals surface area contributed by atoms with Crippen LogP contribution in [0.15, 0.2) is 48.5 Å². The number of para-hydroxylation sites is 1. The number of nitrogen functional groups attached to an aromatic ring is 1. The van der Waals surface area contributed by atoms with Gasteiger partial charge in [0.2, 0.25) is 5.91 Å². The van der Waals surface area contributed by atoms with Crippen LogP contribution in [-0.2, 0) is 16.6 Å². The van der Waals surface area contributed by atoms with E-state index in [0.717, 1.165) is 16.8 Å². The Kier molecular flexibility index (Phi) is 6.01. The normalized spacial score (nSPS) is 10.7. The van der Waals surface area contributed by atoms with E-state index in [1.807, 2.05) is 42.5 Å². The van der Waals surface area contributed by atoms with Gasteiger partial charge in [-0.25, -0.2) is 0 Å². The summed E-state index contributed by atoms with van der Waals surface area (Å²) in [6.07, 6.45) is 0.346. The molecule has 1 amide bonds. The minimum atomic E-state index is -0.0172. The van der Waals surface area contributed by atoms with E-state index in [-0.39, 0.29) is 23.7 Å². The number of carbonyl (C=O) groups is 1. The lowest BCUT2D eigenvalue weighted by Crippen LogP contribution is -2.19. The van der Waals surface area contributed by atoms with E-state index < -0.39 is 0 Å². The Bertz CT molecular complexity index is 630. The fourth-order valence-electron chi connectivity index (χ4n) is 2.26. The lowest BCUT2D eigenvalue weighted by atomic mass is 9.86. The van der Waals surface area contributed by atoms with Gasteiger partial charge in [-0.2, -0.15) is 0 Å². The van der Waals surface area contributed by atoms with Crippen LogP contribution in [0.5, 0.6) is 0 Å². The third kappa shape index (κ3) is 4.78. The van der Waals surface area contributed by atoms with Crippen LogP contribution in [0.3, 0.4) is 0 Å². The summed E-state index contributed by atoms with van der Waals surface area (Å²) in [6, 6.07) is 15.3. The molecule has 0 fully saturated rings. The molecule has 0 spiro atoms. The third-order valence-corrected chi connectivity index (χ3v) is 3.35. The lowest BCUT2D eigenvalue weighted by Gasteiger charge is -2.23. The Hall–Kier alpha value is -2.00. The first-order chi connectivity index (χ1) is 9.86. The number of rotatable bonds is 3. The molecule has 0 aromatic heterocycles. The molecule has 0 radical (unpaired) electrons. The van der Waals surface area contributed by atoms with Gasteiger partial charge in [0.25, 0.3) is 0 Å². The summed E-state index contributed by atoms with van der Waals surface area (Å²) in [5.41, 5.74) is 9.31. The molecule has 4 heteroatoms. The molecule has 118 valence electrons. The van der Waals surface area contributed by atoms with Crippen LogP contribution in [0.25, 0.3) is 0 Å². The molecule has 0 aliphatic carbocycles. The maximum atomic E-state index is 12.2. The second kappa shape index (κ2) is 7.32. The van der Waals surface area contributed by atoms with Gasteiger partial charge in [0.05, 0.1) is 6.42 Å². The quantitative estimate of drug-likeness (QED) is 0.834. The zero-order chi connectivity index (χ0) is 15.5. The van der Waals surface area contributed by atoms with Crippen molar-refractivity contribution in [3.8, 4) is 0 Å². The number of halogens is 1. The smallest absolute Gasteiger partial charge is 0.228 e. The van der Waals surface area contributed by atoms with Crippen molar-refractivity contribution in [1.82, 2.24) is 0 Å². The van der Waals surface area contributed by atoms with Crippen LogP contribution in [-0.4, -0.2) is 5.91 Å². The maximum absolute atomic E-state index is 12.2. The molecular weight excluding hydrogens is 296 g/mol. The minimum Gasteiger partial charge on any atom is -0.399 e. The summed E-state index contributed by atoms with van der Waals surface area (Å²) in [5.74, 6) is -0.0172. The fourth-order valence-corrected chi connectivity index (χ4v) is 2.26. The van der Waals surface area contributed by atoms with Crippen molar-refractivity contribution in [1.29, 1.82) is 0 Å². The maximum Gasteiger partial charge on any atom is 0.228 e. The van der Waals surface area contributed by atoms with Gasteiger partial charge in [-0.1, -0.05) is 51.1 Å². The van der Waals surface area contributed by atoms with Crippen molar-refractivity contribution >= 4 is 29.7 Å². The highest BCUT2D eigenvalue weighted by atomic mass is 35.5. The molecule has 0 atom stereocenters. The van der Waals surface area contributed by atoms with Crippen molar-refractivity contribution in [2.24, 2.45) is 0 Å². The molecule has 0 saturated carbocycles. The average molecular weight is 319 g/mol. The SMILES string of the molecule is CC(C)(C)c1ccccc1NC(=O)Cc1ccc(N)cc1.Cl. The summed E-state index contributed by atoms with van der Waals surface area (Å²) < 4.78 is 0. The first-order valence-electron chi connectivity index (χ1n) is 7.10. The van der Waals surface area contributed by atoms with Crippen LogP contribution in [0.2, 0.25) is 0 Å². The van der Waals surface area contributed by atoms with Gasteiger partial charge in [-0.15, -0.1) is 12.4 Å². The molecule has 0 saturated heterocycles. The molecule has 0 unspecified atom stereocenters. The van der Waals surface area contributed by atoms with Crippen LogP contribution < -0.4 is 11.1 Å². The van der Waals surface area contributed by atoms with Gasteiger partial charge in [-0.3, -0.25) is 4.79 Å². The van der Waals surface area contributed by atoms with Gasteiger partial charge in [0, 0.05) is 11.4 Å². The number of anilines is 2. The first kappa shape index (κ1) is 18.1. The Balaban J connectivity index is 0.00000242. The first-order valence-corrected chi connectivity index (χ1v) is 7.10. The van der Waals surface area contributed by atoms with Gasteiger partial charge in [-0.05, 0) is 34.7 Å². The van der Waals surface area contributed by atoms with E-state index in [1.54, 1.807) is 0 Å². The molecule has 22 heavy (non-hydrogen) atoms. The van der Waals surface area contributed by atoms with Gasteiger partial charge < -0.3 is 11.1 Å². The Morgan fingerprint density at radius 2 is 1.64 bits per heavy atom. The standard InChI is InChI=1S/C18H22N2O.ClH/c1-18(2,3)15-6-4-5-7-16(15)20-17(21)12-13-8-10-14(19)11-9-13;/h4-11H,12,19H2,1-3H3,(H,20,21);1H. The number of hydrogen-bond donors (Lipinski definition) is 2. The van der Waals surface area contributed by atoms with Crippen molar-refractivity contribution in [3.63, 3.8) is 0 Å². The number of benzene rings is 2. The Labute approximate surface area is 138 Å². The van der Waals surface area contributed by atoms with E-state index in [4.69, 9.17) is 5.73 Å². The number of hydrogen-bond acceptors (Lipinski definition) is 2. The van der Waals surface area contributed by atoms with Crippen LogP contribution in [0.4, 0.5) is 11.4 Å². The third-order valence-electron chi connectivity index (χ3n) is 3.35. The van der Waals surface area contributed by atoms with Crippen molar-refractivity contribution in [3.05, 3.63) is 59.7 Å². The summed E-state index contributed by atoms with van der Waals surface area (Å²) in [6.45, 7) is 6.41. The van der Waals surface area contributed by atoms with Crippen molar-refractivity contribution in [2.75, 3.05) is 11.1 Å². The van der Waals surface area contributed by atoms with Gasteiger partial charge in [0.1, 0.15) is 0 Å². The van der Waals surface area contributed by atoms with Crippen LogP contribution in [0, 0.1) is 0 Å². The molecule has 0 heterocycles. The summed E-state index contributed by atoms with van der Waals surface area (Å²) in [5, 5.41) is 3.01. The Morgan fingerprint density at radius 3 is 2.23 bits per heavy atom. The number of nitrogens with one attached hydrogen (secondary N) is 1. The van der Waals surface area contributed by atoms with Crippen molar-refractivity contribution in [2.45, 2.75) is 32.6 Å². The molecule has 2 rings (SSSR count). The predicted molar refractivity (Wildman–Crippen MR) is 95.6 cm³/mol. The predicted octanol–water partition coefficient (Wildman–Crippen LogP) is 4.17. The van der Waals surface area contributed by atoms with E-state index in [1.165, 1.54) is 0 Å². The second-order valence-corrected chi connectivity index (χ2v) is 6.26. The largest absolute Gasteiger partial charge is 0.399 e. The molecule has 0 aliphatic rings. The zero-order valence-corrected chi connectivity index (χ0v) is 14.0. The average Bonchev–Trinajstić information content (AvgIpc) is 2.41. The highest BCUT2D eigenvalue weighted by Gasteiger charge is 2.18. The topological polar surface area (TPSA) is 55.1 Å². The monoisotopic (exact) mass is 318 g/mol. The number of carbonyl (C=O) groups excluding carboxylic acids is 1. The van der Waals surface area contributed by atoms with Gasteiger partial charge in [0.15, 0.2) is 0 Å². The van der Waals surface area contributed by atoms with E-state index >= 15 is 0 Å².